The van der Waals surface area contributed by atoms with E-state index in [1.807, 2.05) is 43.3 Å². The number of benzene rings is 2. The molecule has 0 saturated heterocycles. The topological polar surface area (TPSA) is 38.7 Å². The molecule has 0 aliphatic rings. The van der Waals surface area contributed by atoms with Crippen molar-refractivity contribution in [1.29, 1.82) is 0 Å². The van der Waals surface area contributed by atoms with Gasteiger partial charge in [-0.25, -0.2) is 0 Å². The highest BCUT2D eigenvalue weighted by atomic mass is 16.5. The molecular formula is C20H26O3. The van der Waals surface area contributed by atoms with E-state index in [2.05, 4.69) is 18.2 Å². The standard InChI is InChI=1S/C20H26O3/c1-16(14-21)11-12-20(22-2)18-9-6-10-19(13-18)23-15-17-7-4-3-5-8-17/h3-10,13,16,20-21H,11-12,14-15H2,1-2H3/t16-,20-/m0/s1. The summed E-state index contributed by atoms with van der Waals surface area (Å²) in [7, 11) is 1.73. The van der Waals surface area contributed by atoms with Crippen LogP contribution in [0.25, 0.3) is 0 Å². The minimum absolute atomic E-state index is 0.0317. The van der Waals surface area contributed by atoms with Crippen LogP contribution < -0.4 is 4.74 Å². The van der Waals surface area contributed by atoms with Crippen LogP contribution in [0, 0.1) is 5.92 Å². The van der Waals surface area contributed by atoms with E-state index in [0.29, 0.717) is 12.5 Å². The van der Waals surface area contributed by atoms with E-state index in [-0.39, 0.29) is 12.7 Å². The average Bonchev–Trinajstić information content (AvgIpc) is 2.61. The van der Waals surface area contributed by atoms with Gasteiger partial charge >= 0.3 is 0 Å². The molecule has 124 valence electrons. The second-order valence-corrected chi connectivity index (χ2v) is 5.94. The molecule has 0 aliphatic heterocycles. The predicted octanol–water partition coefficient (Wildman–Crippen LogP) is 4.36. The molecule has 23 heavy (non-hydrogen) atoms. The van der Waals surface area contributed by atoms with Crippen LogP contribution in [0.1, 0.15) is 37.0 Å². The molecular weight excluding hydrogens is 288 g/mol. The number of aliphatic hydroxyl groups excluding tert-OH is 1. The van der Waals surface area contributed by atoms with Crippen molar-refractivity contribution in [1.82, 2.24) is 0 Å². The van der Waals surface area contributed by atoms with E-state index in [1.165, 1.54) is 0 Å². The SMILES string of the molecule is CO[C@@H](CC[C@H](C)CO)c1cccc(OCc2ccccc2)c1. The Kier molecular flexibility index (Phi) is 7.11. The van der Waals surface area contributed by atoms with Crippen LogP contribution in [0.15, 0.2) is 54.6 Å². The van der Waals surface area contributed by atoms with Crippen LogP contribution in [-0.4, -0.2) is 18.8 Å². The summed E-state index contributed by atoms with van der Waals surface area (Å²) in [6, 6.07) is 18.2. The zero-order chi connectivity index (χ0) is 16.5. The normalized spacial score (nSPS) is 13.5. The van der Waals surface area contributed by atoms with E-state index < -0.39 is 0 Å². The Morgan fingerprint density at radius 2 is 1.78 bits per heavy atom. The van der Waals surface area contributed by atoms with Gasteiger partial charge in [-0.1, -0.05) is 49.4 Å². The fraction of sp³-hybridized carbons (Fsp3) is 0.400. The van der Waals surface area contributed by atoms with Gasteiger partial charge in [0.05, 0.1) is 6.10 Å². The van der Waals surface area contributed by atoms with E-state index in [9.17, 15) is 0 Å². The third-order valence-electron chi connectivity index (χ3n) is 4.00. The molecule has 0 fully saturated rings. The Morgan fingerprint density at radius 3 is 2.48 bits per heavy atom. The maximum Gasteiger partial charge on any atom is 0.120 e. The minimum Gasteiger partial charge on any atom is -0.489 e. The summed E-state index contributed by atoms with van der Waals surface area (Å²) in [5.41, 5.74) is 2.26. The lowest BCUT2D eigenvalue weighted by atomic mass is 9.99. The summed E-state index contributed by atoms with van der Waals surface area (Å²) in [6.07, 6.45) is 1.86. The van der Waals surface area contributed by atoms with Crippen LogP contribution in [0.2, 0.25) is 0 Å². The molecule has 0 amide bonds. The number of methoxy groups -OCH3 is 1. The second-order valence-electron chi connectivity index (χ2n) is 5.94. The number of aliphatic hydroxyl groups is 1. The first kappa shape index (κ1) is 17.5. The van der Waals surface area contributed by atoms with Gasteiger partial charge < -0.3 is 14.6 Å². The third-order valence-corrected chi connectivity index (χ3v) is 4.00. The van der Waals surface area contributed by atoms with Crippen molar-refractivity contribution in [3.05, 3.63) is 65.7 Å². The lowest BCUT2D eigenvalue weighted by Gasteiger charge is -2.18. The van der Waals surface area contributed by atoms with Gasteiger partial charge in [-0.05, 0) is 42.0 Å². The zero-order valence-electron chi connectivity index (χ0n) is 13.9. The number of rotatable bonds is 9. The van der Waals surface area contributed by atoms with Gasteiger partial charge in [0, 0.05) is 13.7 Å². The van der Waals surface area contributed by atoms with Gasteiger partial charge in [0.15, 0.2) is 0 Å². The van der Waals surface area contributed by atoms with Crippen molar-refractivity contribution < 1.29 is 14.6 Å². The highest BCUT2D eigenvalue weighted by molar-refractivity contribution is 5.30. The molecule has 0 aromatic heterocycles. The molecule has 3 heteroatoms. The van der Waals surface area contributed by atoms with E-state index in [0.717, 1.165) is 29.7 Å². The Hall–Kier alpha value is -1.84. The third kappa shape index (κ3) is 5.70. The summed E-state index contributed by atoms with van der Waals surface area (Å²) in [4.78, 5) is 0. The van der Waals surface area contributed by atoms with Crippen molar-refractivity contribution in [2.75, 3.05) is 13.7 Å². The molecule has 3 nitrogen and oxygen atoms in total. The molecule has 0 heterocycles. The molecule has 0 aliphatic carbocycles. The van der Waals surface area contributed by atoms with Gasteiger partial charge in [0.2, 0.25) is 0 Å². The van der Waals surface area contributed by atoms with Crippen LogP contribution in [-0.2, 0) is 11.3 Å². The molecule has 0 unspecified atom stereocenters. The second kappa shape index (κ2) is 9.33. The maximum atomic E-state index is 9.15. The first-order chi connectivity index (χ1) is 11.2. The number of hydrogen-bond acceptors (Lipinski definition) is 3. The average molecular weight is 314 g/mol. The first-order valence-corrected chi connectivity index (χ1v) is 8.13. The van der Waals surface area contributed by atoms with Crippen molar-refractivity contribution in [2.45, 2.75) is 32.5 Å². The molecule has 1 N–H and O–H groups in total. The number of ether oxygens (including phenoxy) is 2. The predicted molar refractivity (Wildman–Crippen MR) is 92.4 cm³/mol. The lowest BCUT2D eigenvalue weighted by Crippen LogP contribution is -2.07. The van der Waals surface area contributed by atoms with Crippen molar-refractivity contribution in [3.63, 3.8) is 0 Å². The highest BCUT2D eigenvalue weighted by Crippen LogP contribution is 2.27. The Bertz CT molecular complexity index is 568. The van der Waals surface area contributed by atoms with Crippen LogP contribution in [0.5, 0.6) is 5.75 Å². The Morgan fingerprint density at radius 1 is 1.00 bits per heavy atom. The van der Waals surface area contributed by atoms with E-state index in [1.54, 1.807) is 7.11 Å². The maximum absolute atomic E-state index is 9.15. The molecule has 0 bridgehead atoms. The zero-order valence-corrected chi connectivity index (χ0v) is 13.9. The van der Waals surface area contributed by atoms with Crippen molar-refractivity contribution in [3.8, 4) is 5.75 Å². The van der Waals surface area contributed by atoms with Gasteiger partial charge in [0.1, 0.15) is 12.4 Å². The lowest BCUT2D eigenvalue weighted by molar-refractivity contribution is 0.0856. The molecule has 2 atom stereocenters. The van der Waals surface area contributed by atoms with Gasteiger partial charge in [0.25, 0.3) is 0 Å². The summed E-state index contributed by atoms with van der Waals surface area (Å²) >= 11 is 0. The van der Waals surface area contributed by atoms with Crippen LogP contribution >= 0.6 is 0 Å². The summed E-state index contributed by atoms with van der Waals surface area (Å²) in [5.74, 6) is 1.15. The van der Waals surface area contributed by atoms with E-state index >= 15 is 0 Å². The summed E-state index contributed by atoms with van der Waals surface area (Å²) in [5, 5.41) is 9.15. The van der Waals surface area contributed by atoms with Crippen LogP contribution in [0.3, 0.4) is 0 Å². The van der Waals surface area contributed by atoms with Crippen molar-refractivity contribution >= 4 is 0 Å². The summed E-state index contributed by atoms with van der Waals surface area (Å²) < 4.78 is 11.5. The largest absolute Gasteiger partial charge is 0.489 e. The van der Waals surface area contributed by atoms with Crippen LogP contribution in [0.4, 0.5) is 0 Å². The Balaban J connectivity index is 1.97. The first-order valence-electron chi connectivity index (χ1n) is 8.13. The van der Waals surface area contributed by atoms with E-state index in [4.69, 9.17) is 14.6 Å². The van der Waals surface area contributed by atoms with Gasteiger partial charge in [-0.3, -0.25) is 0 Å². The molecule has 0 saturated carbocycles. The van der Waals surface area contributed by atoms with Gasteiger partial charge in [-0.2, -0.15) is 0 Å². The summed E-state index contributed by atoms with van der Waals surface area (Å²) in [6.45, 7) is 2.83. The Labute approximate surface area is 138 Å². The monoisotopic (exact) mass is 314 g/mol. The quantitative estimate of drug-likeness (QED) is 0.747. The van der Waals surface area contributed by atoms with Gasteiger partial charge in [-0.15, -0.1) is 0 Å². The molecule has 0 radical (unpaired) electrons. The molecule has 2 aromatic rings. The smallest absolute Gasteiger partial charge is 0.120 e. The molecule has 0 spiro atoms. The molecule has 2 rings (SSSR count). The minimum atomic E-state index is 0.0317. The molecule has 2 aromatic carbocycles. The fourth-order valence-electron chi connectivity index (χ4n) is 2.49. The highest BCUT2D eigenvalue weighted by Gasteiger charge is 2.13. The fourth-order valence-corrected chi connectivity index (χ4v) is 2.49. The number of hydrogen-bond donors (Lipinski definition) is 1. The van der Waals surface area contributed by atoms with Crippen molar-refractivity contribution in [2.24, 2.45) is 5.92 Å².